The van der Waals surface area contributed by atoms with E-state index >= 15 is 0 Å². The molecule has 0 bridgehead atoms. The lowest BCUT2D eigenvalue weighted by atomic mass is 9.49. The number of hydrogen-bond acceptors (Lipinski definition) is 0. The molecule has 0 atom stereocenters. The molecule has 2 aliphatic carbocycles. The summed E-state index contributed by atoms with van der Waals surface area (Å²) in [6.07, 6.45) is 5.52. The van der Waals surface area contributed by atoms with Crippen LogP contribution in [0, 0.1) is 17.3 Å². The van der Waals surface area contributed by atoms with Crippen molar-refractivity contribution in [2.45, 2.75) is 25.7 Å². The van der Waals surface area contributed by atoms with E-state index in [4.69, 9.17) is 23.2 Å². The number of alkyl halides is 2. The van der Waals surface area contributed by atoms with Crippen molar-refractivity contribution in [3.63, 3.8) is 0 Å². The van der Waals surface area contributed by atoms with Gasteiger partial charge in [-0.25, -0.2) is 0 Å². The topological polar surface area (TPSA) is 0 Å². The Labute approximate surface area is 78.3 Å². The molecule has 0 amide bonds. The molecule has 0 aliphatic heterocycles. The van der Waals surface area contributed by atoms with E-state index in [1.807, 2.05) is 0 Å². The summed E-state index contributed by atoms with van der Waals surface area (Å²) in [5.41, 5.74) is 0.721. The third-order valence-electron chi connectivity index (χ3n) is 3.32. The summed E-state index contributed by atoms with van der Waals surface area (Å²) in [6, 6.07) is 0. The molecule has 1 spiro atoms. The summed E-state index contributed by atoms with van der Waals surface area (Å²) >= 11 is 11.5. The fourth-order valence-corrected chi connectivity index (χ4v) is 3.32. The van der Waals surface area contributed by atoms with Crippen LogP contribution < -0.4 is 0 Å². The average molecular weight is 193 g/mol. The Balaban J connectivity index is 1.75. The van der Waals surface area contributed by atoms with Gasteiger partial charge in [0.15, 0.2) is 0 Å². The first-order chi connectivity index (χ1) is 5.28. The minimum atomic E-state index is 0.721. The Morgan fingerprint density at radius 2 is 1.27 bits per heavy atom. The van der Waals surface area contributed by atoms with Crippen molar-refractivity contribution in [1.29, 1.82) is 0 Å². The lowest BCUT2D eigenvalue weighted by Gasteiger charge is -2.57. The fraction of sp³-hybridized carbons (Fsp3) is 1.00. The van der Waals surface area contributed by atoms with E-state index in [9.17, 15) is 0 Å². The molecule has 2 fully saturated rings. The van der Waals surface area contributed by atoms with Crippen LogP contribution in [0.2, 0.25) is 0 Å². The monoisotopic (exact) mass is 192 g/mol. The van der Waals surface area contributed by atoms with Crippen molar-refractivity contribution in [1.82, 2.24) is 0 Å². The molecule has 0 aromatic carbocycles. The molecule has 0 unspecified atom stereocenters. The standard InChI is InChI=1S/C9H14Cl2/c10-5-7-1-9(2-7)3-8(4-9)6-11/h7-8H,1-6H2. The van der Waals surface area contributed by atoms with Gasteiger partial charge in [-0.05, 0) is 42.9 Å². The van der Waals surface area contributed by atoms with Gasteiger partial charge in [0.25, 0.3) is 0 Å². The largest absolute Gasteiger partial charge is 0.126 e. The van der Waals surface area contributed by atoms with Crippen molar-refractivity contribution in [2.24, 2.45) is 17.3 Å². The first-order valence-corrected chi connectivity index (χ1v) is 5.47. The van der Waals surface area contributed by atoms with Gasteiger partial charge in [0.1, 0.15) is 0 Å². The Hall–Kier alpha value is 0.580. The van der Waals surface area contributed by atoms with Crippen LogP contribution >= 0.6 is 23.2 Å². The summed E-state index contributed by atoms with van der Waals surface area (Å²) in [5.74, 6) is 3.39. The molecule has 2 aliphatic rings. The molecule has 0 heterocycles. The van der Waals surface area contributed by atoms with Crippen LogP contribution in [0.25, 0.3) is 0 Å². The van der Waals surface area contributed by atoms with Crippen molar-refractivity contribution in [2.75, 3.05) is 11.8 Å². The Morgan fingerprint density at radius 1 is 0.909 bits per heavy atom. The Kier molecular flexibility index (Phi) is 2.09. The predicted octanol–water partition coefficient (Wildman–Crippen LogP) is 3.27. The van der Waals surface area contributed by atoms with Crippen molar-refractivity contribution in [3.8, 4) is 0 Å². The van der Waals surface area contributed by atoms with Gasteiger partial charge in [-0.3, -0.25) is 0 Å². The zero-order valence-electron chi connectivity index (χ0n) is 6.65. The summed E-state index contributed by atoms with van der Waals surface area (Å²) in [5, 5.41) is 0. The van der Waals surface area contributed by atoms with E-state index in [0.717, 1.165) is 29.0 Å². The lowest BCUT2D eigenvalue weighted by Crippen LogP contribution is -2.48. The number of halogens is 2. The highest BCUT2D eigenvalue weighted by Crippen LogP contribution is 2.61. The third-order valence-corrected chi connectivity index (χ3v) is 4.20. The molecule has 2 saturated carbocycles. The average Bonchev–Trinajstić information content (AvgIpc) is 1.83. The maximum absolute atomic E-state index is 5.76. The molecule has 0 N–H and O–H groups in total. The molecular weight excluding hydrogens is 179 g/mol. The van der Waals surface area contributed by atoms with Gasteiger partial charge in [-0.2, -0.15) is 0 Å². The van der Waals surface area contributed by atoms with Crippen LogP contribution in [0.15, 0.2) is 0 Å². The summed E-state index contributed by atoms with van der Waals surface area (Å²) in [4.78, 5) is 0. The predicted molar refractivity (Wildman–Crippen MR) is 49.3 cm³/mol. The molecule has 0 saturated heterocycles. The van der Waals surface area contributed by atoms with Crippen LogP contribution in [-0.2, 0) is 0 Å². The van der Waals surface area contributed by atoms with Gasteiger partial charge in [0.05, 0.1) is 0 Å². The van der Waals surface area contributed by atoms with E-state index in [-0.39, 0.29) is 0 Å². The number of rotatable bonds is 2. The van der Waals surface area contributed by atoms with Crippen LogP contribution in [-0.4, -0.2) is 11.8 Å². The van der Waals surface area contributed by atoms with Gasteiger partial charge >= 0.3 is 0 Å². The highest BCUT2D eigenvalue weighted by molar-refractivity contribution is 6.18. The van der Waals surface area contributed by atoms with Crippen LogP contribution in [0.3, 0.4) is 0 Å². The van der Waals surface area contributed by atoms with Crippen LogP contribution in [0.5, 0.6) is 0 Å². The van der Waals surface area contributed by atoms with E-state index in [0.29, 0.717) is 0 Å². The Bertz CT molecular complexity index is 122. The van der Waals surface area contributed by atoms with Crippen molar-refractivity contribution >= 4 is 23.2 Å². The molecular formula is C9H14Cl2. The molecule has 2 heteroatoms. The van der Waals surface area contributed by atoms with Crippen molar-refractivity contribution in [3.05, 3.63) is 0 Å². The SMILES string of the molecule is ClCC1CC2(C1)CC(CCl)C2. The second-order valence-corrected chi connectivity index (χ2v) is 4.97. The first-order valence-electron chi connectivity index (χ1n) is 4.40. The van der Waals surface area contributed by atoms with Gasteiger partial charge in [0, 0.05) is 11.8 Å². The molecule has 64 valence electrons. The van der Waals surface area contributed by atoms with Gasteiger partial charge in [-0.15, -0.1) is 23.2 Å². The highest BCUT2D eigenvalue weighted by atomic mass is 35.5. The quantitative estimate of drug-likeness (QED) is 0.590. The Morgan fingerprint density at radius 3 is 1.55 bits per heavy atom. The minimum absolute atomic E-state index is 0.721. The summed E-state index contributed by atoms with van der Waals surface area (Å²) < 4.78 is 0. The maximum Gasteiger partial charge on any atom is 0.0252 e. The first kappa shape index (κ1) is 8.19. The van der Waals surface area contributed by atoms with Crippen molar-refractivity contribution < 1.29 is 0 Å². The normalized spacial score (nSPS) is 48.5. The number of hydrogen-bond donors (Lipinski definition) is 0. The summed E-state index contributed by atoms with van der Waals surface area (Å²) in [7, 11) is 0. The van der Waals surface area contributed by atoms with E-state index in [1.54, 1.807) is 0 Å². The molecule has 0 aromatic heterocycles. The molecule has 0 aromatic rings. The lowest BCUT2D eigenvalue weighted by molar-refractivity contribution is -0.0524. The van der Waals surface area contributed by atoms with Gasteiger partial charge in [-0.1, -0.05) is 0 Å². The highest BCUT2D eigenvalue weighted by Gasteiger charge is 2.51. The van der Waals surface area contributed by atoms with Crippen LogP contribution in [0.4, 0.5) is 0 Å². The molecule has 0 nitrogen and oxygen atoms in total. The third kappa shape index (κ3) is 1.29. The summed E-state index contributed by atoms with van der Waals surface area (Å²) in [6.45, 7) is 0. The van der Waals surface area contributed by atoms with E-state index in [2.05, 4.69) is 0 Å². The molecule has 2 rings (SSSR count). The van der Waals surface area contributed by atoms with E-state index in [1.165, 1.54) is 25.7 Å². The van der Waals surface area contributed by atoms with Crippen LogP contribution in [0.1, 0.15) is 25.7 Å². The fourth-order valence-electron chi connectivity index (χ4n) is 2.88. The zero-order valence-corrected chi connectivity index (χ0v) is 8.17. The molecule has 0 radical (unpaired) electrons. The van der Waals surface area contributed by atoms with E-state index < -0.39 is 0 Å². The zero-order chi connectivity index (χ0) is 7.90. The van der Waals surface area contributed by atoms with Gasteiger partial charge in [0.2, 0.25) is 0 Å². The second kappa shape index (κ2) is 2.81. The second-order valence-electron chi connectivity index (χ2n) is 4.36. The maximum atomic E-state index is 5.76. The van der Waals surface area contributed by atoms with Gasteiger partial charge < -0.3 is 0 Å². The minimum Gasteiger partial charge on any atom is -0.126 e. The molecule has 11 heavy (non-hydrogen) atoms. The smallest absolute Gasteiger partial charge is 0.0252 e.